The van der Waals surface area contributed by atoms with Crippen molar-refractivity contribution < 1.29 is 9.53 Å². The van der Waals surface area contributed by atoms with E-state index in [1.54, 1.807) is 34.3 Å². The number of ether oxygens (including phenoxy) is 1. The Kier molecular flexibility index (Phi) is 25.7. The summed E-state index contributed by atoms with van der Waals surface area (Å²) in [5.41, 5.74) is 24.0. The maximum Gasteiger partial charge on any atom is 0.408 e. The second-order valence-electron chi connectivity index (χ2n) is 17.9. The van der Waals surface area contributed by atoms with E-state index in [2.05, 4.69) is 154 Å². The SMILES string of the molecule is C=BC.C=BC.C=BC.C=BN1CCN(c2nc(N)n3nc(C)nc3c2C)CC1.C=COC(=O)Cl.Cc1nc2c(C)c(N3CCN(Cc4ccccc4)CC3)nc(N)n2n1.Cc1nc2c(C)c(N3CCNCC3)nc(N)n2n1. The summed E-state index contributed by atoms with van der Waals surface area (Å²) in [6.45, 7) is 51.9. The van der Waals surface area contributed by atoms with Gasteiger partial charge in [0, 0.05) is 81.6 Å². The van der Waals surface area contributed by atoms with Crippen molar-refractivity contribution in [2.45, 2.75) is 68.6 Å². The van der Waals surface area contributed by atoms with Crippen molar-refractivity contribution in [3.05, 3.63) is 82.9 Å². The molecule has 0 saturated carbocycles. The minimum absolute atomic E-state index is 0.382. The van der Waals surface area contributed by atoms with Crippen LogP contribution in [-0.2, 0) is 11.3 Å². The second-order valence-corrected chi connectivity index (χ2v) is 18.2. The van der Waals surface area contributed by atoms with Crippen LogP contribution in [0.1, 0.15) is 39.7 Å². The number of anilines is 6. The van der Waals surface area contributed by atoms with Crippen molar-refractivity contribution in [3.63, 3.8) is 0 Å². The Morgan fingerprint density at radius 3 is 1.26 bits per heavy atom. The predicted molar refractivity (Wildman–Crippen MR) is 328 cm³/mol. The maximum atomic E-state index is 9.52. The minimum Gasteiger partial charge on any atom is -0.423 e. The van der Waals surface area contributed by atoms with Crippen LogP contribution in [0.3, 0.4) is 0 Å². The average molecular weight is 1080 g/mol. The Labute approximate surface area is 466 Å². The zero-order valence-corrected chi connectivity index (χ0v) is 47.8. The topological polar surface area (TPSA) is 262 Å². The van der Waals surface area contributed by atoms with Crippen molar-refractivity contribution in [2.24, 2.45) is 0 Å². The molecular formula is C50H76B4ClN21O2. The molecule has 0 bridgehead atoms. The molecule has 23 nitrogen and oxygen atoms in total. The number of aryl methyl sites for hydroxylation is 6. The van der Waals surface area contributed by atoms with Crippen LogP contribution in [0, 0.1) is 41.5 Å². The molecule has 10 rings (SSSR count). The first-order valence-corrected chi connectivity index (χ1v) is 26.0. The number of rotatable bonds is 7. The summed E-state index contributed by atoms with van der Waals surface area (Å²) < 4.78 is 8.77. The molecule has 0 unspecified atom stereocenters. The molecule has 0 aliphatic carbocycles. The maximum absolute atomic E-state index is 9.52. The first-order valence-electron chi connectivity index (χ1n) is 25.6. The van der Waals surface area contributed by atoms with E-state index in [0.29, 0.717) is 35.3 Å². The third kappa shape index (κ3) is 17.6. The van der Waals surface area contributed by atoms with Gasteiger partial charge in [0.2, 0.25) is 11.9 Å². The van der Waals surface area contributed by atoms with Crippen molar-refractivity contribution in [3.8, 4) is 0 Å². The Hall–Kier alpha value is -7.37. The predicted octanol–water partition coefficient (Wildman–Crippen LogP) is 2.89. The minimum atomic E-state index is -0.856. The summed E-state index contributed by atoms with van der Waals surface area (Å²) in [5, 5.41) is 16.1. The molecule has 3 aliphatic heterocycles. The molecule has 6 aromatic heterocycles. The summed E-state index contributed by atoms with van der Waals surface area (Å²) in [5.74, 6) is 6.05. The number of aromatic nitrogens is 12. The summed E-state index contributed by atoms with van der Waals surface area (Å²) in [6, 6.07) is 10.6. The molecule has 7 N–H and O–H groups in total. The fourth-order valence-corrected chi connectivity index (χ4v) is 8.48. The number of nitrogen functional groups attached to an aromatic ring is 3. The van der Waals surface area contributed by atoms with Gasteiger partial charge >= 0.3 is 183 Å². The van der Waals surface area contributed by atoms with Crippen LogP contribution in [0.2, 0.25) is 20.5 Å². The van der Waals surface area contributed by atoms with E-state index in [4.69, 9.17) is 17.2 Å². The van der Waals surface area contributed by atoms with Gasteiger partial charge in [-0.1, -0.05) is 36.9 Å². The third-order valence-corrected chi connectivity index (χ3v) is 11.9. The number of fused-ring (bicyclic) bond motifs is 3. The molecular weight excluding hydrogens is 1010 g/mol. The van der Waals surface area contributed by atoms with Crippen LogP contribution < -0.4 is 37.2 Å². The molecule has 28 heteroatoms. The fourth-order valence-electron chi connectivity index (χ4n) is 8.41. The molecule has 0 atom stereocenters. The number of piperazine rings is 3. The quantitative estimate of drug-likeness (QED) is 0.102. The van der Waals surface area contributed by atoms with E-state index in [1.807, 2.05) is 69.1 Å². The molecule has 0 radical (unpaired) electrons. The van der Waals surface area contributed by atoms with Gasteiger partial charge in [-0.3, -0.25) is 4.90 Å². The molecule has 7 aromatic rings. The van der Waals surface area contributed by atoms with Gasteiger partial charge < -0.3 is 31.3 Å². The molecule has 3 saturated heterocycles. The van der Waals surface area contributed by atoms with Crippen molar-refractivity contribution in [2.75, 3.05) is 110 Å². The second kappa shape index (κ2) is 31.8. The van der Waals surface area contributed by atoms with Crippen LogP contribution in [0.15, 0.2) is 43.2 Å². The van der Waals surface area contributed by atoms with Gasteiger partial charge in [0.05, 0.1) is 6.26 Å². The van der Waals surface area contributed by atoms with Crippen LogP contribution in [0.4, 0.5) is 40.1 Å². The fraction of sp³-hybridized carbons (Fsp3) is 0.440. The summed E-state index contributed by atoms with van der Waals surface area (Å²) in [6.07, 6.45) is 0.968. The number of nitrogens with two attached hydrogens (primary N) is 3. The van der Waals surface area contributed by atoms with Crippen LogP contribution in [0.25, 0.3) is 16.9 Å². The van der Waals surface area contributed by atoms with Crippen molar-refractivity contribution in [1.82, 2.24) is 73.8 Å². The Morgan fingerprint density at radius 1 is 0.590 bits per heavy atom. The first-order chi connectivity index (χ1) is 37.4. The number of hydrogen-bond donors (Lipinski definition) is 4. The number of nitrogens with one attached hydrogen (secondary N) is 1. The number of carbonyl (C=O) groups excluding carboxylic acids is 1. The standard InChI is InChI=1S/C18H23N7.C12H18BN7.C11H17N7.C3H3ClO2.3C2H5B/c1-13-16(21-18(19)25-17(13)20-14(2)22-25)24-10-8-23(9-11-24)12-15-6-4-3-5-7-15;1-8-10(18-4-6-19(13-3)7-5-18)16-12(14)20-11(8)15-9(2)17-20;1-7-9(17-5-3-13-4-6-17)15-11(12)18-10(7)14-8(2)16-18;1-2-6-3(4)5;3*1-3-2/h3-7H,8-12H2,1-2H3,(H2,19,21);3-7H2,1-2H3,(H2,14,16);13H,3-6H2,1-2H3,(H2,12,15);2H,1H2;3*1H2,2H3. The van der Waals surface area contributed by atoms with E-state index < -0.39 is 5.43 Å². The largest absolute Gasteiger partial charge is 0.423 e. The number of benzene rings is 1. The smallest absolute Gasteiger partial charge is 0.408 e. The molecule has 3 fully saturated rings. The zero-order chi connectivity index (χ0) is 57.5. The first kappa shape index (κ1) is 63.2. The van der Waals surface area contributed by atoms with E-state index in [9.17, 15) is 4.79 Å². The Morgan fingerprint density at radius 2 is 0.936 bits per heavy atom. The normalized spacial score (nSPS) is 13.8. The average Bonchev–Trinajstić information content (AvgIpc) is 4.22. The molecule has 3 aliphatic rings. The molecule has 0 amide bonds. The number of nitrogens with zero attached hydrogens (tertiary/aromatic N) is 17. The van der Waals surface area contributed by atoms with Gasteiger partial charge in [-0.25, -0.2) is 14.8 Å². The molecule has 412 valence electrons. The number of carbonyl (C=O) groups is 1. The summed E-state index contributed by atoms with van der Waals surface area (Å²) in [7, 11) is 1.89. The van der Waals surface area contributed by atoms with E-state index in [-0.39, 0.29) is 0 Å². The molecule has 1 aromatic carbocycles. The molecule has 78 heavy (non-hydrogen) atoms. The van der Waals surface area contributed by atoms with Gasteiger partial charge in [0.15, 0.2) is 11.3 Å². The van der Waals surface area contributed by atoms with Gasteiger partial charge in [-0.2, -0.15) is 19.0 Å². The summed E-state index contributed by atoms with van der Waals surface area (Å²) in [4.78, 5) is 47.9. The Balaban J connectivity index is 0.000000225. The van der Waals surface area contributed by atoms with Gasteiger partial charge in [-0.15, -0.1) is 10.2 Å². The summed E-state index contributed by atoms with van der Waals surface area (Å²) >= 11 is 4.65. The van der Waals surface area contributed by atoms with Crippen molar-refractivity contribution >= 4 is 123 Å². The third-order valence-electron chi connectivity index (χ3n) is 11.8. The van der Waals surface area contributed by atoms with Crippen LogP contribution >= 0.6 is 11.6 Å². The molecule has 0 spiro atoms. The monoisotopic (exact) mass is 1080 g/mol. The van der Waals surface area contributed by atoms with Gasteiger partial charge in [0.1, 0.15) is 23.3 Å². The van der Waals surface area contributed by atoms with Crippen LogP contribution in [-0.4, -0.2) is 206 Å². The number of hydrogen-bond acceptors (Lipinski definition) is 20. The van der Waals surface area contributed by atoms with E-state index >= 15 is 0 Å². The van der Waals surface area contributed by atoms with E-state index in [0.717, 1.165) is 142 Å². The van der Waals surface area contributed by atoms with Crippen molar-refractivity contribution in [1.29, 1.82) is 0 Å². The Bertz CT molecular complexity index is 3060. The van der Waals surface area contributed by atoms with E-state index in [1.165, 1.54) is 5.56 Å². The zero-order valence-electron chi connectivity index (χ0n) is 47.0. The van der Waals surface area contributed by atoms with Gasteiger partial charge in [-0.05, 0) is 33.3 Å². The van der Waals surface area contributed by atoms with Crippen LogP contribution in [0.5, 0.6) is 0 Å². The molecule has 9 heterocycles. The number of halogens is 1. The van der Waals surface area contributed by atoms with Gasteiger partial charge in [0.25, 0.3) is 0 Å².